The largest absolute Gasteiger partial charge is 0.311 e. The van der Waals surface area contributed by atoms with Gasteiger partial charge in [0, 0.05) is 12.1 Å². The first-order valence-electron chi connectivity index (χ1n) is 12.4. The summed E-state index contributed by atoms with van der Waals surface area (Å²) in [4.78, 5) is 4.31. The minimum absolute atomic E-state index is 0.231. The molecule has 0 aliphatic heterocycles. The Labute approximate surface area is 198 Å². The average Bonchev–Trinajstić information content (AvgIpc) is 3.24. The van der Waals surface area contributed by atoms with Crippen LogP contribution >= 0.6 is 0 Å². The van der Waals surface area contributed by atoms with E-state index < -0.39 is 0 Å². The van der Waals surface area contributed by atoms with Gasteiger partial charge in [-0.2, -0.15) is 15.0 Å². The van der Waals surface area contributed by atoms with Crippen molar-refractivity contribution in [1.82, 2.24) is 25.2 Å². The first-order valence-corrected chi connectivity index (χ1v) is 12.4. The van der Waals surface area contributed by atoms with Gasteiger partial charge in [0.1, 0.15) is 17.2 Å². The molecule has 1 aromatic heterocycles. The summed E-state index contributed by atoms with van der Waals surface area (Å²) in [6.07, 6.45) is 6.16. The summed E-state index contributed by atoms with van der Waals surface area (Å²) in [6, 6.07) is 16.7. The van der Waals surface area contributed by atoms with E-state index in [1.54, 1.807) is 16.9 Å². The zero-order valence-electron chi connectivity index (χ0n) is 20.1. The van der Waals surface area contributed by atoms with E-state index in [1.807, 2.05) is 18.2 Å². The number of unbranched alkanes of at least 4 members (excludes halogenated alkanes) is 2. The number of aromatic nitrogens is 3. The van der Waals surface area contributed by atoms with Crippen molar-refractivity contribution in [3.63, 3.8) is 0 Å². The normalized spacial score (nSPS) is 11.4. The molecule has 1 heterocycles. The molecule has 0 spiro atoms. The van der Waals surface area contributed by atoms with Crippen LogP contribution in [0.25, 0.3) is 11.3 Å². The average molecular weight is 452 g/mol. The number of hydrogen-bond donors (Lipinski definition) is 1. The molecular weight excluding hydrogens is 413 g/mol. The third-order valence-electron chi connectivity index (χ3n) is 5.79. The SMILES string of the molecule is CCCCN(CCCC)CCCNCc1nn(Cc2ccc(F)cc2)nc1-c1ccccc1. The molecule has 178 valence electrons. The number of benzene rings is 2. The van der Waals surface area contributed by atoms with Crippen molar-refractivity contribution in [2.75, 3.05) is 26.2 Å². The second-order valence-corrected chi connectivity index (χ2v) is 8.60. The molecular formula is C27H38FN5. The van der Waals surface area contributed by atoms with E-state index in [9.17, 15) is 4.39 Å². The van der Waals surface area contributed by atoms with Gasteiger partial charge in [-0.15, -0.1) is 0 Å². The van der Waals surface area contributed by atoms with Crippen LogP contribution in [0.1, 0.15) is 57.2 Å². The molecule has 0 aliphatic rings. The fourth-order valence-corrected chi connectivity index (χ4v) is 3.88. The first-order chi connectivity index (χ1) is 16.2. The molecule has 0 saturated carbocycles. The predicted molar refractivity (Wildman–Crippen MR) is 134 cm³/mol. The van der Waals surface area contributed by atoms with E-state index in [0.717, 1.165) is 42.0 Å². The lowest BCUT2D eigenvalue weighted by Crippen LogP contribution is -2.29. The zero-order valence-corrected chi connectivity index (χ0v) is 20.1. The highest BCUT2D eigenvalue weighted by atomic mass is 19.1. The topological polar surface area (TPSA) is 46.0 Å². The molecule has 33 heavy (non-hydrogen) atoms. The second kappa shape index (κ2) is 13.9. The minimum atomic E-state index is -0.231. The minimum Gasteiger partial charge on any atom is -0.311 e. The van der Waals surface area contributed by atoms with Crippen LogP contribution in [-0.2, 0) is 13.1 Å². The van der Waals surface area contributed by atoms with Crippen LogP contribution in [0, 0.1) is 5.82 Å². The number of halogens is 1. The summed E-state index contributed by atoms with van der Waals surface area (Å²) < 4.78 is 13.2. The Morgan fingerprint density at radius 2 is 1.52 bits per heavy atom. The molecule has 0 unspecified atom stereocenters. The van der Waals surface area contributed by atoms with Crippen molar-refractivity contribution in [2.24, 2.45) is 0 Å². The fourth-order valence-electron chi connectivity index (χ4n) is 3.88. The maximum absolute atomic E-state index is 13.2. The molecule has 2 aromatic carbocycles. The van der Waals surface area contributed by atoms with Gasteiger partial charge in [0.25, 0.3) is 0 Å². The maximum atomic E-state index is 13.2. The van der Waals surface area contributed by atoms with E-state index in [4.69, 9.17) is 10.2 Å². The van der Waals surface area contributed by atoms with Gasteiger partial charge in [-0.1, -0.05) is 69.2 Å². The highest BCUT2D eigenvalue weighted by molar-refractivity contribution is 5.60. The number of nitrogens with zero attached hydrogens (tertiary/aromatic N) is 4. The molecule has 0 bridgehead atoms. The van der Waals surface area contributed by atoms with Crippen molar-refractivity contribution in [2.45, 2.75) is 59.0 Å². The van der Waals surface area contributed by atoms with Crippen molar-refractivity contribution >= 4 is 0 Å². The van der Waals surface area contributed by atoms with Gasteiger partial charge in [-0.25, -0.2) is 4.39 Å². The maximum Gasteiger partial charge on any atom is 0.123 e. The standard InChI is InChI=1S/C27H38FN5/c1-3-5-18-32(19-6-4-2)20-10-17-29-21-26-27(24-11-8-7-9-12-24)31-33(30-26)22-23-13-15-25(28)16-14-23/h7-9,11-16,29H,3-6,10,17-22H2,1-2H3. The molecule has 0 saturated heterocycles. The lowest BCUT2D eigenvalue weighted by Gasteiger charge is -2.21. The Morgan fingerprint density at radius 3 is 2.18 bits per heavy atom. The first kappa shape index (κ1) is 25.1. The van der Waals surface area contributed by atoms with Gasteiger partial charge in [0.05, 0.1) is 6.54 Å². The molecule has 3 aromatic rings. The van der Waals surface area contributed by atoms with Crippen LogP contribution in [0.2, 0.25) is 0 Å². The van der Waals surface area contributed by atoms with E-state index in [2.05, 4.69) is 36.2 Å². The van der Waals surface area contributed by atoms with Gasteiger partial charge < -0.3 is 10.2 Å². The summed E-state index contributed by atoms with van der Waals surface area (Å²) in [5.74, 6) is -0.231. The summed E-state index contributed by atoms with van der Waals surface area (Å²) in [5.41, 5.74) is 3.88. The Kier molecular flexibility index (Phi) is 10.5. The van der Waals surface area contributed by atoms with Gasteiger partial charge >= 0.3 is 0 Å². The van der Waals surface area contributed by atoms with Crippen molar-refractivity contribution in [3.05, 3.63) is 71.7 Å². The number of nitrogens with one attached hydrogen (secondary N) is 1. The van der Waals surface area contributed by atoms with Crippen molar-refractivity contribution in [3.8, 4) is 11.3 Å². The smallest absolute Gasteiger partial charge is 0.123 e. The molecule has 0 radical (unpaired) electrons. The monoisotopic (exact) mass is 451 g/mol. The molecule has 5 nitrogen and oxygen atoms in total. The molecule has 0 atom stereocenters. The van der Waals surface area contributed by atoms with Gasteiger partial charge in [0.15, 0.2) is 0 Å². The fraction of sp³-hybridized carbons (Fsp3) is 0.481. The molecule has 0 fully saturated rings. The van der Waals surface area contributed by atoms with Crippen LogP contribution in [0.3, 0.4) is 0 Å². The van der Waals surface area contributed by atoms with Crippen LogP contribution in [0.15, 0.2) is 54.6 Å². The number of rotatable bonds is 15. The Hall–Kier alpha value is -2.57. The van der Waals surface area contributed by atoms with Crippen LogP contribution < -0.4 is 5.32 Å². The van der Waals surface area contributed by atoms with E-state index in [-0.39, 0.29) is 5.82 Å². The third-order valence-corrected chi connectivity index (χ3v) is 5.79. The Bertz CT molecular complexity index is 915. The van der Waals surface area contributed by atoms with Gasteiger partial charge in [-0.3, -0.25) is 0 Å². The van der Waals surface area contributed by atoms with E-state index in [1.165, 1.54) is 50.9 Å². The van der Waals surface area contributed by atoms with Crippen molar-refractivity contribution < 1.29 is 4.39 Å². The van der Waals surface area contributed by atoms with Crippen LogP contribution in [0.5, 0.6) is 0 Å². The van der Waals surface area contributed by atoms with E-state index >= 15 is 0 Å². The highest BCUT2D eigenvalue weighted by Gasteiger charge is 2.13. The Balaban J connectivity index is 1.58. The van der Waals surface area contributed by atoms with Gasteiger partial charge in [-0.05, 0) is 63.1 Å². The number of hydrogen-bond acceptors (Lipinski definition) is 4. The lowest BCUT2D eigenvalue weighted by molar-refractivity contribution is 0.261. The van der Waals surface area contributed by atoms with Crippen molar-refractivity contribution in [1.29, 1.82) is 0 Å². The summed E-state index contributed by atoms with van der Waals surface area (Å²) in [6.45, 7) is 10.2. The van der Waals surface area contributed by atoms with E-state index in [0.29, 0.717) is 13.1 Å². The quantitative estimate of drug-likeness (QED) is 0.309. The van der Waals surface area contributed by atoms with Gasteiger partial charge in [0.2, 0.25) is 0 Å². The third kappa shape index (κ3) is 8.37. The predicted octanol–water partition coefficient (Wildman–Crippen LogP) is 5.51. The molecule has 0 amide bonds. The molecule has 3 rings (SSSR count). The summed E-state index contributed by atoms with van der Waals surface area (Å²) in [5, 5.41) is 13.1. The zero-order chi connectivity index (χ0) is 23.3. The van der Waals surface area contributed by atoms with Crippen LogP contribution in [0.4, 0.5) is 4.39 Å². The summed E-state index contributed by atoms with van der Waals surface area (Å²) >= 11 is 0. The Morgan fingerprint density at radius 1 is 0.848 bits per heavy atom. The lowest BCUT2D eigenvalue weighted by atomic mass is 10.1. The summed E-state index contributed by atoms with van der Waals surface area (Å²) in [7, 11) is 0. The molecule has 6 heteroatoms. The van der Waals surface area contributed by atoms with Crippen LogP contribution in [-0.4, -0.2) is 46.1 Å². The molecule has 1 N–H and O–H groups in total. The highest BCUT2D eigenvalue weighted by Crippen LogP contribution is 2.20. The molecule has 0 aliphatic carbocycles. The second-order valence-electron chi connectivity index (χ2n) is 8.60.